The van der Waals surface area contributed by atoms with Gasteiger partial charge in [-0.25, -0.2) is 9.59 Å². The highest BCUT2D eigenvalue weighted by molar-refractivity contribution is 6.01. The van der Waals surface area contributed by atoms with Gasteiger partial charge in [0.15, 0.2) is 0 Å². The molecule has 0 radical (unpaired) electrons. The Balaban J connectivity index is 2.03. The van der Waals surface area contributed by atoms with Crippen LogP contribution >= 0.6 is 0 Å². The van der Waals surface area contributed by atoms with Crippen molar-refractivity contribution in [3.63, 3.8) is 0 Å². The quantitative estimate of drug-likeness (QED) is 0.875. The Hall–Kier alpha value is -2.04. The molecule has 0 spiro atoms. The van der Waals surface area contributed by atoms with Crippen molar-refractivity contribution in [2.75, 3.05) is 18.5 Å². The van der Waals surface area contributed by atoms with E-state index in [1.165, 1.54) is 17.4 Å². The molecule has 0 bridgehead atoms. The van der Waals surface area contributed by atoms with Gasteiger partial charge in [0.25, 0.3) is 0 Å². The van der Waals surface area contributed by atoms with Crippen LogP contribution in [0.2, 0.25) is 0 Å². The number of amides is 2. The number of carbonyl (C=O) groups is 2. The average molecular weight is 262 g/mol. The normalized spacial score (nSPS) is 14.6. The summed E-state index contributed by atoms with van der Waals surface area (Å²) in [5, 5.41) is 11.9. The summed E-state index contributed by atoms with van der Waals surface area (Å²) in [6, 6.07) is 6.23. The fraction of sp³-hybridized carbons (Fsp3) is 0.429. The summed E-state index contributed by atoms with van der Waals surface area (Å²) in [5.74, 6) is -0.457. The van der Waals surface area contributed by atoms with Crippen molar-refractivity contribution in [3.05, 3.63) is 29.8 Å². The van der Waals surface area contributed by atoms with Gasteiger partial charge in [0.05, 0.1) is 11.3 Å². The molecular weight excluding hydrogens is 244 g/mol. The molecule has 2 amide bonds. The van der Waals surface area contributed by atoms with Crippen LogP contribution in [0.5, 0.6) is 0 Å². The van der Waals surface area contributed by atoms with Crippen LogP contribution < -0.4 is 10.2 Å². The Morgan fingerprint density at radius 1 is 1.37 bits per heavy atom. The van der Waals surface area contributed by atoms with E-state index in [0.717, 1.165) is 12.8 Å². The smallest absolute Gasteiger partial charge is 0.337 e. The first kappa shape index (κ1) is 13.4. The van der Waals surface area contributed by atoms with E-state index in [1.807, 2.05) is 0 Å². The number of carboxylic acid groups (broad SMARTS) is 1. The standard InChI is InChI=1S/C14H18N2O3/c1-16(14(19)15-9-10-5-4-6-10)12-8-3-2-7-11(12)13(17)18/h2-3,7-8,10H,4-6,9H2,1H3,(H,15,19)(H,17,18). The predicted octanol–water partition coefficient (Wildman–Crippen LogP) is 2.33. The van der Waals surface area contributed by atoms with Gasteiger partial charge in [0.1, 0.15) is 0 Å². The highest BCUT2D eigenvalue weighted by atomic mass is 16.4. The number of carboxylic acids is 1. The van der Waals surface area contributed by atoms with E-state index in [9.17, 15) is 9.59 Å². The van der Waals surface area contributed by atoms with Crippen LogP contribution in [0.3, 0.4) is 0 Å². The molecule has 0 aliphatic heterocycles. The van der Waals surface area contributed by atoms with Crippen molar-refractivity contribution >= 4 is 17.7 Å². The van der Waals surface area contributed by atoms with Crippen molar-refractivity contribution in [2.45, 2.75) is 19.3 Å². The number of rotatable bonds is 4. The third kappa shape index (κ3) is 3.05. The first-order valence-electron chi connectivity index (χ1n) is 6.43. The molecular formula is C14H18N2O3. The van der Waals surface area contributed by atoms with Crippen LogP contribution in [0.25, 0.3) is 0 Å². The summed E-state index contributed by atoms with van der Waals surface area (Å²) in [4.78, 5) is 24.4. The maximum atomic E-state index is 12.0. The molecule has 1 aromatic carbocycles. The number of hydrogen-bond acceptors (Lipinski definition) is 2. The van der Waals surface area contributed by atoms with Gasteiger partial charge in [-0.1, -0.05) is 18.6 Å². The lowest BCUT2D eigenvalue weighted by Crippen LogP contribution is -2.41. The van der Waals surface area contributed by atoms with E-state index in [-0.39, 0.29) is 11.6 Å². The monoisotopic (exact) mass is 262 g/mol. The molecule has 2 rings (SSSR count). The van der Waals surface area contributed by atoms with Crippen molar-refractivity contribution in [3.8, 4) is 0 Å². The second-order valence-electron chi connectivity index (χ2n) is 4.86. The topological polar surface area (TPSA) is 69.6 Å². The maximum absolute atomic E-state index is 12.0. The number of hydrogen-bond donors (Lipinski definition) is 2. The first-order chi connectivity index (χ1) is 9.09. The minimum Gasteiger partial charge on any atom is -0.478 e. The first-order valence-corrected chi connectivity index (χ1v) is 6.43. The molecule has 1 saturated carbocycles. The van der Waals surface area contributed by atoms with Crippen molar-refractivity contribution < 1.29 is 14.7 Å². The van der Waals surface area contributed by atoms with Crippen LogP contribution in [-0.2, 0) is 0 Å². The fourth-order valence-corrected chi connectivity index (χ4v) is 2.10. The predicted molar refractivity (Wildman–Crippen MR) is 72.5 cm³/mol. The van der Waals surface area contributed by atoms with E-state index in [2.05, 4.69) is 5.32 Å². The minimum atomic E-state index is -1.03. The van der Waals surface area contributed by atoms with Crippen molar-refractivity contribution in [1.82, 2.24) is 5.32 Å². The molecule has 1 aromatic rings. The zero-order valence-electron chi connectivity index (χ0n) is 10.9. The Morgan fingerprint density at radius 3 is 2.63 bits per heavy atom. The van der Waals surface area contributed by atoms with Crippen LogP contribution in [0.1, 0.15) is 29.6 Å². The van der Waals surface area contributed by atoms with Gasteiger partial charge in [0, 0.05) is 13.6 Å². The zero-order valence-corrected chi connectivity index (χ0v) is 10.9. The summed E-state index contributed by atoms with van der Waals surface area (Å²) in [6.07, 6.45) is 3.56. The zero-order chi connectivity index (χ0) is 13.8. The van der Waals surface area contributed by atoms with Gasteiger partial charge < -0.3 is 10.4 Å². The Kier molecular flexibility index (Phi) is 4.04. The van der Waals surface area contributed by atoms with Gasteiger partial charge in [-0.2, -0.15) is 0 Å². The molecule has 19 heavy (non-hydrogen) atoms. The largest absolute Gasteiger partial charge is 0.478 e. The van der Waals surface area contributed by atoms with Crippen molar-refractivity contribution in [2.24, 2.45) is 5.92 Å². The van der Waals surface area contributed by atoms with Gasteiger partial charge in [0.2, 0.25) is 0 Å². The third-order valence-corrected chi connectivity index (χ3v) is 3.57. The van der Waals surface area contributed by atoms with E-state index in [4.69, 9.17) is 5.11 Å². The average Bonchev–Trinajstić information content (AvgIpc) is 2.35. The number of nitrogens with zero attached hydrogens (tertiary/aromatic N) is 1. The molecule has 0 atom stereocenters. The number of para-hydroxylation sites is 1. The summed E-state index contributed by atoms with van der Waals surface area (Å²) < 4.78 is 0. The molecule has 1 fully saturated rings. The lowest BCUT2D eigenvalue weighted by molar-refractivity contribution is 0.0697. The number of benzene rings is 1. The van der Waals surface area contributed by atoms with Crippen LogP contribution in [0.4, 0.5) is 10.5 Å². The minimum absolute atomic E-state index is 0.129. The van der Waals surface area contributed by atoms with Crippen LogP contribution in [0.15, 0.2) is 24.3 Å². The fourth-order valence-electron chi connectivity index (χ4n) is 2.10. The summed E-state index contributed by atoms with van der Waals surface area (Å²) >= 11 is 0. The maximum Gasteiger partial charge on any atom is 0.337 e. The van der Waals surface area contributed by atoms with E-state index < -0.39 is 5.97 Å². The molecule has 1 aliphatic rings. The lowest BCUT2D eigenvalue weighted by Gasteiger charge is -2.27. The van der Waals surface area contributed by atoms with Gasteiger partial charge >= 0.3 is 12.0 Å². The molecule has 0 aromatic heterocycles. The number of urea groups is 1. The lowest BCUT2D eigenvalue weighted by atomic mass is 9.85. The molecule has 102 valence electrons. The van der Waals surface area contributed by atoms with E-state index >= 15 is 0 Å². The van der Waals surface area contributed by atoms with E-state index in [1.54, 1.807) is 25.2 Å². The summed E-state index contributed by atoms with van der Waals surface area (Å²) in [5.41, 5.74) is 0.532. The molecule has 5 heteroatoms. The van der Waals surface area contributed by atoms with Gasteiger partial charge in [-0.15, -0.1) is 0 Å². The van der Waals surface area contributed by atoms with Crippen LogP contribution in [-0.4, -0.2) is 30.7 Å². The number of anilines is 1. The second-order valence-corrected chi connectivity index (χ2v) is 4.86. The summed E-state index contributed by atoms with van der Waals surface area (Å²) in [7, 11) is 1.58. The molecule has 0 saturated heterocycles. The second kappa shape index (κ2) is 5.73. The molecule has 0 heterocycles. The Bertz CT molecular complexity index is 483. The third-order valence-electron chi connectivity index (χ3n) is 3.57. The van der Waals surface area contributed by atoms with Gasteiger partial charge in [-0.05, 0) is 30.9 Å². The SMILES string of the molecule is CN(C(=O)NCC1CCC1)c1ccccc1C(=O)O. The number of nitrogens with one attached hydrogen (secondary N) is 1. The molecule has 1 aliphatic carbocycles. The van der Waals surface area contributed by atoms with Crippen molar-refractivity contribution in [1.29, 1.82) is 0 Å². The molecule has 2 N–H and O–H groups in total. The number of carbonyl (C=O) groups excluding carboxylic acids is 1. The highest BCUT2D eigenvalue weighted by Gasteiger charge is 2.21. The Labute approximate surface area is 112 Å². The molecule has 5 nitrogen and oxygen atoms in total. The van der Waals surface area contributed by atoms with E-state index in [0.29, 0.717) is 18.2 Å². The highest BCUT2D eigenvalue weighted by Crippen LogP contribution is 2.25. The Morgan fingerprint density at radius 2 is 2.05 bits per heavy atom. The van der Waals surface area contributed by atoms with Gasteiger partial charge in [-0.3, -0.25) is 4.90 Å². The molecule has 0 unspecified atom stereocenters. The summed E-state index contributed by atoms with van der Waals surface area (Å²) in [6.45, 7) is 0.665. The number of aromatic carboxylic acids is 1. The van der Waals surface area contributed by atoms with Crippen LogP contribution in [0, 0.1) is 5.92 Å².